The summed E-state index contributed by atoms with van der Waals surface area (Å²) in [6, 6.07) is 14.4. The van der Waals surface area contributed by atoms with E-state index in [-0.39, 0.29) is 11.8 Å². The molecule has 0 saturated carbocycles. The molecule has 0 bridgehead atoms. The van der Waals surface area contributed by atoms with Gasteiger partial charge in [0.1, 0.15) is 6.04 Å². The molecule has 0 aliphatic heterocycles. The molecule has 0 unspecified atom stereocenters. The lowest BCUT2D eigenvalue weighted by molar-refractivity contribution is -0.141. The average Bonchev–Trinajstić information content (AvgIpc) is 2.74. The fourth-order valence-electron chi connectivity index (χ4n) is 3.03. The SMILES string of the molecule is CCCNC(=O)[C@@H](CC)N(Cc1ccccc1Cl)C(=O)CCSc1ccc(Cl)cc1. The molecule has 162 valence electrons. The van der Waals surface area contributed by atoms with Gasteiger partial charge in [0, 0.05) is 40.2 Å². The van der Waals surface area contributed by atoms with E-state index >= 15 is 0 Å². The molecule has 0 aromatic heterocycles. The van der Waals surface area contributed by atoms with E-state index in [9.17, 15) is 9.59 Å². The fourth-order valence-corrected chi connectivity index (χ4v) is 4.19. The van der Waals surface area contributed by atoms with Crippen LogP contribution in [-0.2, 0) is 16.1 Å². The summed E-state index contributed by atoms with van der Waals surface area (Å²) in [6.07, 6.45) is 1.71. The van der Waals surface area contributed by atoms with E-state index in [0.29, 0.717) is 41.7 Å². The van der Waals surface area contributed by atoms with E-state index in [1.165, 1.54) is 0 Å². The minimum absolute atomic E-state index is 0.0603. The Bertz CT molecular complexity index is 830. The van der Waals surface area contributed by atoms with Crippen LogP contribution in [0.25, 0.3) is 0 Å². The van der Waals surface area contributed by atoms with Crippen molar-refractivity contribution in [1.29, 1.82) is 0 Å². The van der Waals surface area contributed by atoms with E-state index in [0.717, 1.165) is 16.9 Å². The van der Waals surface area contributed by atoms with Crippen molar-refractivity contribution in [3.05, 3.63) is 64.1 Å². The number of halogens is 2. The van der Waals surface area contributed by atoms with Crippen LogP contribution in [-0.4, -0.2) is 35.1 Å². The molecule has 1 N–H and O–H groups in total. The smallest absolute Gasteiger partial charge is 0.242 e. The number of nitrogens with zero attached hydrogens (tertiary/aromatic N) is 1. The van der Waals surface area contributed by atoms with Crippen molar-refractivity contribution in [2.75, 3.05) is 12.3 Å². The maximum atomic E-state index is 13.2. The Morgan fingerprint density at radius 2 is 1.77 bits per heavy atom. The van der Waals surface area contributed by atoms with E-state index in [2.05, 4.69) is 5.32 Å². The van der Waals surface area contributed by atoms with Crippen LogP contribution in [0.5, 0.6) is 0 Å². The van der Waals surface area contributed by atoms with Crippen LogP contribution in [0, 0.1) is 0 Å². The topological polar surface area (TPSA) is 49.4 Å². The summed E-state index contributed by atoms with van der Waals surface area (Å²) in [4.78, 5) is 28.6. The molecular formula is C23H28Cl2N2O2S. The minimum atomic E-state index is -0.527. The van der Waals surface area contributed by atoms with E-state index < -0.39 is 6.04 Å². The number of hydrogen-bond donors (Lipinski definition) is 1. The number of carbonyl (C=O) groups is 2. The second-order valence-electron chi connectivity index (χ2n) is 6.88. The summed E-state index contributed by atoms with van der Waals surface area (Å²) in [7, 11) is 0. The van der Waals surface area contributed by atoms with Gasteiger partial charge >= 0.3 is 0 Å². The first-order chi connectivity index (χ1) is 14.5. The Morgan fingerprint density at radius 3 is 2.40 bits per heavy atom. The highest BCUT2D eigenvalue weighted by Crippen LogP contribution is 2.23. The molecule has 2 rings (SSSR count). The maximum Gasteiger partial charge on any atom is 0.242 e. The third-order valence-electron chi connectivity index (χ3n) is 4.63. The van der Waals surface area contributed by atoms with E-state index in [1.807, 2.05) is 56.3 Å². The summed E-state index contributed by atoms with van der Waals surface area (Å²) in [5.74, 6) is 0.437. The van der Waals surface area contributed by atoms with E-state index in [4.69, 9.17) is 23.2 Å². The molecule has 0 aliphatic rings. The Balaban J connectivity index is 2.11. The second kappa shape index (κ2) is 12.9. The fraction of sp³-hybridized carbons (Fsp3) is 0.391. The maximum absolute atomic E-state index is 13.2. The molecule has 7 heteroatoms. The van der Waals surface area contributed by atoms with Crippen LogP contribution < -0.4 is 5.32 Å². The molecule has 0 spiro atoms. The van der Waals surface area contributed by atoms with Crippen molar-refractivity contribution in [2.24, 2.45) is 0 Å². The van der Waals surface area contributed by atoms with Crippen LogP contribution in [0.4, 0.5) is 0 Å². The lowest BCUT2D eigenvalue weighted by Gasteiger charge is -2.31. The number of hydrogen-bond acceptors (Lipinski definition) is 3. The van der Waals surface area contributed by atoms with Gasteiger partial charge in [0.15, 0.2) is 0 Å². The van der Waals surface area contributed by atoms with Gasteiger partial charge in [-0.2, -0.15) is 0 Å². The number of benzene rings is 2. The van der Waals surface area contributed by atoms with Crippen molar-refractivity contribution in [3.63, 3.8) is 0 Å². The minimum Gasteiger partial charge on any atom is -0.354 e. The average molecular weight is 467 g/mol. The highest BCUT2D eigenvalue weighted by atomic mass is 35.5. The summed E-state index contributed by atoms with van der Waals surface area (Å²) in [5, 5.41) is 4.20. The zero-order chi connectivity index (χ0) is 21.9. The Morgan fingerprint density at radius 1 is 1.07 bits per heavy atom. The van der Waals surface area contributed by atoms with Gasteiger partial charge in [-0.3, -0.25) is 9.59 Å². The van der Waals surface area contributed by atoms with Crippen LogP contribution in [0.2, 0.25) is 10.0 Å². The lowest BCUT2D eigenvalue weighted by atomic mass is 10.1. The Kier molecular flexibility index (Phi) is 10.6. The van der Waals surface area contributed by atoms with Crippen LogP contribution in [0.15, 0.2) is 53.4 Å². The third kappa shape index (κ3) is 7.53. The predicted molar refractivity (Wildman–Crippen MR) is 126 cm³/mol. The van der Waals surface area contributed by atoms with Crippen LogP contribution in [0.3, 0.4) is 0 Å². The zero-order valence-corrected chi connectivity index (χ0v) is 19.7. The van der Waals surface area contributed by atoms with Crippen molar-refractivity contribution in [2.45, 2.75) is 50.6 Å². The lowest BCUT2D eigenvalue weighted by Crippen LogP contribution is -2.49. The Hall–Kier alpha value is -1.69. The molecule has 30 heavy (non-hydrogen) atoms. The largest absolute Gasteiger partial charge is 0.354 e. The van der Waals surface area contributed by atoms with Gasteiger partial charge in [0.25, 0.3) is 0 Å². The molecule has 1 atom stereocenters. The van der Waals surface area contributed by atoms with Crippen molar-refractivity contribution >= 4 is 46.8 Å². The molecule has 2 amide bonds. The number of rotatable bonds is 11. The monoisotopic (exact) mass is 466 g/mol. The predicted octanol–water partition coefficient (Wildman–Crippen LogP) is 5.81. The van der Waals surface area contributed by atoms with Crippen molar-refractivity contribution in [1.82, 2.24) is 10.2 Å². The summed E-state index contributed by atoms with van der Waals surface area (Å²) < 4.78 is 0. The normalized spacial score (nSPS) is 11.7. The molecule has 0 saturated heterocycles. The highest BCUT2D eigenvalue weighted by Gasteiger charge is 2.28. The molecule has 0 fully saturated rings. The number of thioether (sulfide) groups is 1. The van der Waals surface area contributed by atoms with E-state index in [1.54, 1.807) is 22.7 Å². The first-order valence-electron chi connectivity index (χ1n) is 10.1. The molecule has 0 aliphatic carbocycles. The van der Waals surface area contributed by atoms with Crippen LogP contribution >= 0.6 is 35.0 Å². The van der Waals surface area contributed by atoms with Gasteiger partial charge in [0.2, 0.25) is 11.8 Å². The molecule has 2 aromatic carbocycles. The first-order valence-corrected chi connectivity index (χ1v) is 11.9. The number of carbonyl (C=O) groups excluding carboxylic acids is 2. The van der Waals surface area contributed by atoms with Crippen LogP contribution in [0.1, 0.15) is 38.7 Å². The third-order valence-corrected chi connectivity index (χ3v) is 6.27. The number of amides is 2. The Labute approximate surface area is 193 Å². The summed E-state index contributed by atoms with van der Waals surface area (Å²) in [6.45, 7) is 4.82. The van der Waals surface area contributed by atoms with Gasteiger partial charge in [-0.25, -0.2) is 0 Å². The van der Waals surface area contributed by atoms with Gasteiger partial charge in [-0.15, -0.1) is 11.8 Å². The molecular weight excluding hydrogens is 439 g/mol. The van der Waals surface area contributed by atoms with Gasteiger partial charge < -0.3 is 10.2 Å². The molecule has 0 heterocycles. The van der Waals surface area contributed by atoms with Gasteiger partial charge in [-0.1, -0.05) is 55.2 Å². The quantitative estimate of drug-likeness (QED) is 0.425. The number of nitrogens with one attached hydrogen (secondary N) is 1. The summed E-state index contributed by atoms with van der Waals surface area (Å²) in [5.41, 5.74) is 0.833. The second-order valence-corrected chi connectivity index (χ2v) is 8.89. The van der Waals surface area contributed by atoms with Gasteiger partial charge in [0.05, 0.1) is 0 Å². The standard InChI is InChI=1S/C23H28Cl2N2O2S/c1-3-14-26-23(29)21(4-2)27(16-17-7-5-6-8-20(17)25)22(28)13-15-30-19-11-9-18(24)10-12-19/h5-12,21H,3-4,13-16H2,1-2H3,(H,26,29)/t21-/m1/s1. The highest BCUT2D eigenvalue weighted by molar-refractivity contribution is 7.99. The summed E-state index contributed by atoms with van der Waals surface area (Å²) >= 11 is 13.8. The molecule has 0 radical (unpaired) electrons. The van der Waals surface area contributed by atoms with Crippen molar-refractivity contribution in [3.8, 4) is 0 Å². The molecule has 4 nitrogen and oxygen atoms in total. The molecule has 2 aromatic rings. The first kappa shape index (κ1) is 24.6. The van der Waals surface area contributed by atoms with Crippen molar-refractivity contribution < 1.29 is 9.59 Å². The van der Waals surface area contributed by atoms with Gasteiger partial charge in [-0.05, 0) is 48.7 Å². The zero-order valence-electron chi connectivity index (χ0n) is 17.4.